The topological polar surface area (TPSA) is 69.4 Å². The zero-order valence-electron chi connectivity index (χ0n) is 9.81. The highest BCUT2D eigenvalue weighted by atomic mass is 32.1. The highest BCUT2D eigenvalue weighted by Crippen LogP contribution is 2.04. The Morgan fingerprint density at radius 2 is 2.24 bits per heavy atom. The molecule has 0 radical (unpaired) electrons. The number of nitrogens with two attached hydrogens (primary N) is 1. The van der Waals surface area contributed by atoms with Gasteiger partial charge in [0.25, 0.3) is 0 Å². The van der Waals surface area contributed by atoms with Gasteiger partial charge in [0.15, 0.2) is 0 Å². The second-order valence-electron chi connectivity index (χ2n) is 3.30. The molecule has 0 unspecified atom stereocenters. The summed E-state index contributed by atoms with van der Waals surface area (Å²) in [6.45, 7) is 2.48. The molecule has 6 heteroatoms. The molecule has 17 heavy (non-hydrogen) atoms. The van der Waals surface area contributed by atoms with Gasteiger partial charge in [-0.2, -0.15) is 0 Å². The largest absolute Gasteiger partial charge is 0.388 e. The van der Waals surface area contributed by atoms with E-state index in [9.17, 15) is 0 Å². The van der Waals surface area contributed by atoms with E-state index in [2.05, 4.69) is 10.3 Å². The van der Waals surface area contributed by atoms with Gasteiger partial charge in [-0.3, -0.25) is 0 Å². The minimum absolute atomic E-state index is 0.296. The third kappa shape index (κ3) is 5.58. The van der Waals surface area contributed by atoms with Crippen LogP contribution < -0.4 is 11.1 Å². The summed E-state index contributed by atoms with van der Waals surface area (Å²) in [7, 11) is 1.65. The van der Waals surface area contributed by atoms with Gasteiger partial charge in [0.1, 0.15) is 10.8 Å². The molecule has 1 heterocycles. The quantitative estimate of drug-likeness (QED) is 0.529. The van der Waals surface area contributed by atoms with Gasteiger partial charge in [0, 0.05) is 13.7 Å². The molecule has 1 aromatic rings. The van der Waals surface area contributed by atoms with Gasteiger partial charge in [-0.1, -0.05) is 18.3 Å². The molecule has 3 N–H and O–H groups in total. The molecule has 0 saturated heterocycles. The van der Waals surface area contributed by atoms with Crippen LogP contribution in [-0.2, 0) is 9.47 Å². The van der Waals surface area contributed by atoms with Crippen LogP contribution in [0.5, 0.6) is 0 Å². The number of methoxy groups -OCH3 is 1. The van der Waals surface area contributed by atoms with Gasteiger partial charge in [0.05, 0.1) is 25.5 Å². The molecule has 0 aliphatic rings. The van der Waals surface area contributed by atoms with Crippen LogP contribution in [0.1, 0.15) is 5.69 Å². The molecule has 0 aliphatic carbocycles. The third-order valence-corrected chi connectivity index (χ3v) is 2.19. The van der Waals surface area contributed by atoms with E-state index in [0.29, 0.717) is 37.0 Å². The van der Waals surface area contributed by atoms with E-state index in [1.807, 2.05) is 12.1 Å². The van der Waals surface area contributed by atoms with Crippen molar-refractivity contribution < 1.29 is 9.47 Å². The van der Waals surface area contributed by atoms with E-state index in [1.165, 1.54) is 0 Å². The van der Waals surface area contributed by atoms with Crippen LogP contribution in [0.25, 0.3) is 0 Å². The smallest absolute Gasteiger partial charge is 0.126 e. The summed E-state index contributed by atoms with van der Waals surface area (Å²) in [6.07, 6.45) is 0. The van der Waals surface area contributed by atoms with Crippen molar-refractivity contribution in [3.63, 3.8) is 0 Å². The lowest BCUT2D eigenvalue weighted by Crippen LogP contribution is -2.15. The average molecular weight is 255 g/mol. The van der Waals surface area contributed by atoms with Crippen LogP contribution >= 0.6 is 12.2 Å². The average Bonchev–Trinajstić information content (AvgIpc) is 2.34. The molecule has 0 bridgehead atoms. The van der Waals surface area contributed by atoms with E-state index >= 15 is 0 Å². The van der Waals surface area contributed by atoms with Gasteiger partial charge in [-0.25, -0.2) is 4.98 Å². The van der Waals surface area contributed by atoms with Gasteiger partial charge in [-0.05, 0) is 12.1 Å². The Labute approximate surface area is 106 Å². The first-order valence-electron chi connectivity index (χ1n) is 5.31. The lowest BCUT2D eigenvalue weighted by molar-refractivity contribution is 0.0759. The second-order valence-corrected chi connectivity index (χ2v) is 3.74. The molecular weight excluding hydrogens is 238 g/mol. The standard InChI is InChI=1S/C11H17N3O2S/c1-15-7-8-16-6-5-13-10-4-2-3-9(14-10)11(12)17/h2-4H,5-8H2,1H3,(H2,12,17)(H,13,14). The Hall–Kier alpha value is -1.24. The molecule has 0 spiro atoms. The Balaban J connectivity index is 2.27. The van der Waals surface area contributed by atoms with E-state index < -0.39 is 0 Å². The predicted molar refractivity (Wildman–Crippen MR) is 71.3 cm³/mol. The van der Waals surface area contributed by atoms with Gasteiger partial charge in [-0.15, -0.1) is 0 Å². The predicted octanol–water partition coefficient (Wildman–Crippen LogP) is 0.791. The minimum Gasteiger partial charge on any atom is -0.388 e. The maximum atomic E-state index is 5.49. The molecule has 94 valence electrons. The van der Waals surface area contributed by atoms with Crippen LogP contribution in [0.3, 0.4) is 0 Å². The molecule has 5 nitrogen and oxygen atoms in total. The number of ether oxygens (including phenoxy) is 2. The van der Waals surface area contributed by atoms with Crippen molar-refractivity contribution in [3.05, 3.63) is 23.9 Å². The lowest BCUT2D eigenvalue weighted by atomic mass is 10.3. The fraction of sp³-hybridized carbons (Fsp3) is 0.455. The first-order chi connectivity index (χ1) is 8.24. The summed E-state index contributed by atoms with van der Waals surface area (Å²) in [5.41, 5.74) is 6.11. The first-order valence-corrected chi connectivity index (χ1v) is 5.72. The summed E-state index contributed by atoms with van der Waals surface area (Å²) < 4.78 is 10.2. The van der Waals surface area contributed by atoms with Crippen molar-refractivity contribution in [2.24, 2.45) is 5.73 Å². The van der Waals surface area contributed by atoms with Crippen LogP contribution in [0.2, 0.25) is 0 Å². The van der Waals surface area contributed by atoms with Crippen LogP contribution in [-0.4, -0.2) is 43.4 Å². The molecule has 0 aliphatic heterocycles. The Bertz CT molecular complexity index is 360. The van der Waals surface area contributed by atoms with Crippen LogP contribution in [0.4, 0.5) is 5.82 Å². The summed E-state index contributed by atoms with van der Waals surface area (Å²) in [5, 5.41) is 3.12. The normalized spacial score (nSPS) is 10.2. The molecule has 1 aromatic heterocycles. The first kappa shape index (κ1) is 13.8. The number of aromatic nitrogens is 1. The lowest BCUT2D eigenvalue weighted by Gasteiger charge is -2.07. The number of hydrogen-bond donors (Lipinski definition) is 2. The van der Waals surface area contributed by atoms with E-state index in [0.717, 1.165) is 5.82 Å². The van der Waals surface area contributed by atoms with Gasteiger partial charge < -0.3 is 20.5 Å². The number of nitrogens with zero attached hydrogens (tertiary/aromatic N) is 1. The number of nitrogens with one attached hydrogen (secondary N) is 1. The van der Waals surface area contributed by atoms with Gasteiger partial charge >= 0.3 is 0 Å². The minimum atomic E-state index is 0.296. The Morgan fingerprint density at radius 3 is 2.94 bits per heavy atom. The Kier molecular flexibility index (Phi) is 6.46. The number of anilines is 1. The molecule has 0 amide bonds. The monoisotopic (exact) mass is 255 g/mol. The fourth-order valence-corrected chi connectivity index (χ4v) is 1.28. The maximum absolute atomic E-state index is 5.49. The van der Waals surface area contributed by atoms with Crippen molar-refractivity contribution >= 4 is 23.0 Å². The number of thiocarbonyl (C=S) groups is 1. The van der Waals surface area contributed by atoms with Crippen LogP contribution in [0.15, 0.2) is 18.2 Å². The molecule has 1 rings (SSSR count). The van der Waals surface area contributed by atoms with Crippen molar-refractivity contribution in [2.75, 3.05) is 38.8 Å². The van der Waals surface area contributed by atoms with Crippen molar-refractivity contribution in [2.45, 2.75) is 0 Å². The molecule has 0 fully saturated rings. The maximum Gasteiger partial charge on any atom is 0.126 e. The molecule has 0 saturated carbocycles. The zero-order chi connectivity index (χ0) is 12.5. The Morgan fingerprint density at radius 1 is 1.41 bits per heavy atom. The highest BCUT2D eigenvalue weighted by Gasteiger charge is 1.99. The van der Waals surface area contributed by atoms with Gasteiger partial charge in [0.2, 0.25) is 0 Å². The van der Waals surface area contributed by atoms with Crippen molar-refractivity contribution in [1.82, 2.24) is 4.98 Å². The van der Waals surface area contributed by atoms with E-state index in [-0.39, 0.29) is 0 Å². The molecule has 0 atom stereocenters. The van der Waals surface area contributed by atoms with Crippen molar-refractivity contribution in [3.8, 4) is 0 Å². The summed E-state index contributed by atoms with van der Waals surface area (Å²) in [4.78, 5) is 4.54. The number of rotatable bonds is 8. The second kappa shape index (κ2) is 7.94. The molecular formula is C11H17N3O2S. The van der Waals surface area contributed by atoms with E-state index in [4.69, 9.17) is 27.4 Å². The van der Waals surface area contributed by atoms with Crippen molar-refractivity contribution in [1.29, 1.82) is 0 Å². The fourth-order valence-electron chi connectivity index (χ4n) is 1.17. The molecule has 0 aromatic carbocycles. The van der Waals surface area contributed by atoms with E-state index in [1.54, 1.807) is 13.2 Å². The third-order valence-electron chi connectivity index (χ3n) is 1.99. The summed E-state index contributed by atoms with van der Waals surface area (Å²) >= 11 is 4.85. The van der Waals surface area contributed by atoms with Crippen LogP contribution in [0, 0.1) is 0 Å². The highest BCUT2D eigenvalue weighted by molar-refractivity contribution is 7.80. The summed E-state index contributed by atoms with van der Waals surface area (Å²) in [5.74, 6) is 0.741. The summed E-state index contributed by atoms with van der Waals surface area (Å²) in [6, 6.07) is 5.50. The SMILES string of the molecule is COCCOCCNc1cccc(C(N)=S)n1. The number of pyridine rings is 1. The number of hydrogen-bond acceptors (Lipinski definition) is 5. The zero-order valence-corrected chi connectivity index (χ0v) is 10.6.